The van der Waals surface area contributed by atoms with E-state index in [2.05, 4.69) is 12.2 Å². The molecule has 6 nitrogen and oxygen atoms in total. The van der Waals surface area contributed by atoms with Gasteiger partial charge in [-0.05, 0) is 37.1 Å². The molecule has 0 aliphatic carbocycles. The number of carbonyl (C=O) groups excluding carboxylic acids is 2. The Balaban J connectivity index is 1.25. The van der Waals surface area contributed by atoms with E-state index >= 15 is 0 Å². The number of benzene rings is 2. The summed E-state index contributed by atoms with van der Waals surface area (Å²) in [6, 6.07) is 4.92. The van der Waals surface area contributed by atoms with Gasteiger partial charge in [0, 0.05) is 49.4 Å². The van der Waals surface area contributed by atoms with Crippen LogP contribution in [0.25, 0.3) is 0 Å². The third-order valence-electron chi connectivity index (χ3n) is 9.86. The molecular formula is C39H54ClF3N2O4. The first-order valence-corrected chi connectivity index (χ1v) is 18.9. The quantitative estimate of drug-likeness (QED) is 0.103. The zero-order chi connectivity index (χ0) is 35.1. The summed E-state index contributed by atoms with van der Waals surface area (Å²) in [6.45, 7) is 2.69. The van der Waals surface area contributed by atoms with Crippen LogP contribution < -0.4 is 15.0 Å². The summed E-state index contributed by atoms with van der Waals surface area (Å²) in [5.41, 5.74) is -0.536. The SMILES string of the molecule is CCCCCCCCCCCCCCCCCC(=O)OC1(COc2ccc(F)c3c2CCC(=O)N3)CCN(c2c(F)cc(Cl)cc2F)CC1. The molecule has 10 heteroatoms. The highest BCUT2D eigenvalue weighted by atomic mass is 35.5. The summed E-state index contributed by atoms with van der Waals surface area (Å²) < 4.78 is 56.3. The molecule has 0 radical (unpaired) electrons. The number of amides is 1. The number of hydrogen-bond donors (Lipinski definition) is 1. The number of esters is 1. The maximum atomic E-state index is 14.7. The van der Waals surface area contributed by atoms with Crippen molar-refractivity contribution < 1.29 is 32.2 Å². The van der Waals surface area contributed by atoms with Gasteiger partial charge >= 0.3 is 5.97 Å². The first-order valence-electron chi connectivity index (χ1n) is 18.6. The molecule has 0 saturated carbocycles. The lowest BCUT2D eigenvalue weighted by atomic mass is 9.91. The lowest BCUT2D eigenvalue weighted by Crippen LogP contribution is -2.51. The van der Waals surface area contributed by atoms with Crippen molar-refractivity contribution >= 4 is 34.9 Å². The normalized spacial score (nSPS) is 15.5. The van der Waals surface area contributed by atoms with Crippen molar-refractivity contribution in [2.75, 3.05) is 29.9 Å². The maximum Gasteiger partial charge on any atom is 0.306 e. The van der Waals surface area contributed by atoms with E-state index in [9.17, 15) is 22.8 Å². The molecule has 0 atom stereocenters. The Labute approximate surface area is 295 Å². The molecule has 2 aliphatic heterocycles. The second-order valence-corrected chi connectivity index (χ2v) is 14.2. The van der Waals surface area contributed by atoms with Gasteiger partial charge in [0.15, 0.2) is 11.6 Å². The van der Waals surface area contributed by atoms with Crippen LogP contribution in [0.3, 0.4) is 0 Å². The number of piperidine rings is 1. The predicted octanol–water partition coefficient (Wildman–Crippen LogP) is 10.9. The Morgan fingerprint density at radius 2 is 1.37 bits per heavy atom. The third-order valence-corrected chi connectivity index (χ3v) is 10.1. The van der Waals surface area contributed by atoms with Crippen molar-refractivity contribution in [3.05, 3.63) is 52.3 Å². The van der Waals surface area contributed by atoms with Crippen LogP contribution in [0.1, 0.15) is 134 Å². The number of rotatable bonds is 21. The van der Waals surface area contributed by atoms with E-state index < -0.39 is 23.1 Å². The third kappa shape index (κ3) is 12.1. The van der Waals surface area contributed by atoms with E-state index in [-0.39, 0.29) is 73.7 Å². The van der Waals surface area contributed by atoms with E-state index in [1.54, 1.807) is 4.90 Å². The van der Waals surface area contributed by atoms with Gasteiger partial charge in [0.25, 0.3) is 0 Å². The molecular weight excluding hydrogens is 653 g/mol. The number of hydrogen-bond acceptors (Lipinski definition) is 5. The van der Waals surface area contributed by atoms with Gasteiger partial charge in [0.2, 0.25) is 5.91 Å². The Morgan fingerprint density at radius 3 is 1.94 bits per heavy atom. The summed E-state index contributed by atoms with van der Waals surface area (Å²) in [5.74, 6) is -2.23. The molecule has 0 aromatic heterocycles. The van der Waals surface area contributed by atoms with Crippen LogP contribution in [0.5, 0.6) is 5.75 Å². The molecule has 0 spiro atoms. The first-order chi connectivity index (χ1) is 23.7. The van der Waals surface area contributed by atoms with Gasteiger partial charge in [-0.3, -0.25) is 9.59 Å². The van der Waals surface area contributed by atoms with Crippen molar-refractivity contribution in [1.29, 1.82) is 0 Å². The minimum atomic E-state index is -1.04. The molecule has 1 N–H and O–H groups in total. The first kappa shape index (κ1) is 38.9. The van der Waals surface area contributed by atoms with Crippen LogP contribution in [0.4, 0.5) is 24.5 Å². The van der Waals surface area contributed by atoms with Gasteiger partial charge in [-0.1, -0.05) is 108 Å². The molecule has 1 amide bonds. The number of unbranched alkanes of at least 4 members (excludes halogenated alkanes) is 14. The molecule has 2 aromatic carbocycles. The molecule has 4 rings (SSSR count). The number of fused-ring (bicyclic) bond motifs is 1. The molecule has 272 valence electrons. The molecule has 0 bridgehead atoms. The summed E-state index contributed by atoms with van der Waals surface area (Å²) in [5, 5.41) is 2.56. The second-order valence-electron chi connectivity index (χ2n) is 13.8. The molecule has 1 fully saturated rings. The Hall–Kier alpha value is -2.94. The van der Waals surface area contributed by atoms with Crippen molar-refractivity contribution in [2.45, 2.75) is 141 Å². The van der Waals surface area contributed by atoms with Crippen LogP contribution in [-0.4, -0.2) is 37.2 Å². The molecule has 2 heterocycles. The van der Waals surface area contributed by atoms with Crippen LogP contribution in [0.2, 0.25) is 5.02 Å². The largest absolute Gasteiger partial charge is 0.489 e. The van der Waals surface area contributed by atoms with Crippen molar-refractivity contribution in [2.24, 2.45) is 0 Å². The fourth-order valence-electron chi connectivity index (χ4n) is 6.95. The standard InChI is InChI=1S/C39H54ClF3N2O4/c1-2-3-4-5-6-7-8-9-10-11-12-13-14-15-16-17-36(47)49-39(22-24-45(25-23-39)38-32(42)26-29(40)27-33(38)43)28-48-34-20-19-31(41)37-30(34)18-21-35(46)44-37/h19-20,26-27H,2-18,21-25,28H2,1H3,(H,44,46). The highest BCUT2D eigenvalue weighted by Crippen LogP contribution is 2.37. The predicted molar refractivity (Wildman–Crippen MR) is 190 cm³/mol. The van der Waals surface area contributed by atoms with Gasteiger partial charge in [0.1, 0.15) is 29.5 Å². The van der Waals surface area contributed by atoms with Crippen LogP contribution in [0.15, 0.2) is 24.3 Å². The van der Waals surface area contributed by atoms with Gasteiger partial charge in [-0.25, -0.2) is 13.2 Å². The molecule has 2 aromatic rings. The molecule has 1 saturated heterocycles. The van der Waals surface area contributed by atoms with Gasteiger partial charge in [0.05, 0.1) is 5.69 Å². The smallest absolute Gasteiger partial charge is 0.306 e. The van der Waals surface area contributed by atoms with E-state index in [1.165, 1.54) is 89.2 Å². The average Bonchev–Trinajstić information content (AvgIpc) is 3.07. The Bertz CT molecular complexity index is 1340. The zero-order valence-corrected chi connectivity index (χ0v) is 29.9. The fraction of sp³-hybridized carbons (Fsp3) is 0.641. The lowest BCUT2D eigenvalue weighted by molar-refractivity contribution is -0.166. The maximum absolute atomic E-state index is 14.7. The van der Waals surface area contributed by atoms with Crippen LogP contribution in [0, 0.1) is 17.5 Å². The number of nitrogens with one attached hydrogen (secondary N) is 1. The Kier molecular flexibility index (Phi) is 15.9. The van der Waals surface area contributed by atoms with E-state index in [1.807, 2.05) is 0 Å². The lowest BCUT2D eigenvalue weighted by Gasteiger charge is -2.42. The minimum absolute atomic E-state index is 0.0109. The van der Waals surface area contributed by atoms with Crippen molar-refractivity contribution in [3.8, 4) is 5.75 Å². The van der Waals surface area contributed by atoms with Crippen molar-refractivity contribution in [1.82, 2.24) is 0 Å². The number of anilines is 2. The number of carbonyl (C=O) groups is 2. The van der Waals surface area contributed by atoms with Gasteiger partial charge in [-0.15, -0.1) is 0 Å². The molecule has 0 unspecified atom stereocenters. The zero-order valence-electron chi connectivity index (χ0n) is 29.2. The summed E-state index contributed by atoms with van der Waals surface area (Å²) in [4.78, 5) is 26.6. The highest BCUT2D eigenvalue weighted by Gasteiger charge is 2.40. The number of nitrogens with zero attached hydrogens (tertiary/aromatic N) is 1. The van der Waals surface area contributed by atoms with Crippen LogP contribution >= 0.6 is 11.6 Å². The number of ether oxygens (including phenoxy) is 2. The second kappa shape index (κ2) is 20.0. The van der Waals surface area contributed by atoms with E-state index in [4.69, 9.17) is 21.1 Å². The summed E-state index contributed by atoms with van der Waals surface area (Å²) in [6.07, 6.45) is 19.9. The summed E-state index contributed by atoms with van der Waals surface area (Å²) >= 11 is 5.83. The fourth-order valence-corrected chi connectivity index (χ4v) is 7.14. The number of halogens is 4. The molecule has 2 aliphatic rings. The summed E-state index contributed by atoms with van der Waals surface area (Å²) in [7, 11) is 0. The van der Waals surface area contributed by atoms with Gasteiger partial charge in [-0.2, -0.15) is 0 Å². The van der Waals surface area contributed by atoms with E-state index in [0.717, 1.165) is 31.4 Å². The highest BCUT2D eigenvalue weighted by molar-refractivity contribution is 6.30. The Morgan fingerprint density at radius 1 is 0.816 bits per heavy atom. The van der Waals surface area contributed by atoms with Gasteiger partial charge < -0.3 is 19.7 Å². The van der Waals surface area contributed by atoms with Crippen molar-refractivity contribution in [3.63, 3.8) is 0 Å². The van der Waals surface area contributed by atoms with Crippen LogP contribution in [-0.2, 0) is 20.7 Å². The molecule has 49 heavy (non-hydrogen) atoms. The topological polar surface area (TPSA) is 67.9 Å². The monoisotopic (exact) mass is 706 g/mol. The minimum Gasteiger partial charge on any atom is -0.489 e. The van der Waals surface area contributed by atoms with E-state index in [0.29, 0.717) is 17.7 Å². The average molecular weight is 707 g/mol.